The molecule has 1 aromatic rings. The zero-order valence-electron chi connectivity index (χ0n) is 10.3. The molecule has 2 rings (SSSR count). The minimum atomic E-state index is -4.44. The first-order valence-corrected chi connectivity index (χ1v) is 5.85. The van der Waals surface area contributed by atoms with Crippen molar-refractivity contribution in [2.75, 3.05) is 0 Å². The van der Waals surface area contributed by atoms with E-state index in [1.807, 2.05) is 0 Å². The van der Waals surface area contributed by atoms with Gasteiger partial charge < -0.3 is 10.8 Å². The van der Waals surface area contributed by atoms with Gasteiger partial charge in [0.15, 0.2) is 0 Å². The second-order valence-electron chi connectivity index (χ2n) is 5.00. The highest BCUT2D eigenvalue weighted by Crippen LogP contribution is 2.51. The fraction of sp³-hybridized carbons (Fsp3) is 0.462. The predicted molar refractivity (Wildman–Crippen MR) is 62.7 cm³/mol. The van der Waals surface area contributed by atoms with Crippen LogP contribution < -0.4 is 5.73 Å². The first kappa shape index (κ1) is 13.9. The zero-order chi connectivity index (χ0) is 14.4. The molecule has 0 heterocycles. The van der Waals surface area contributed by atoms with Gasteiger partial charge in [0.2, 0.25) is 0 Å². The van der Waals surface area contributed by atoms with Crippen LogP contribution >= 0.6 is 0 Å². The van der Waals surface area contributed by atoms with Crippen molar-refractivity contribution in [3.8, 4) is 0 Å². The van der Waals surface area contributed by atoms with Gasteiger partial charge in [0.1, 0.15) is 6.04 Å². The van der Waals surface area contributed by atoms with Crippen LogP contribution in [-0.2, 0) is 16.4 Å². The van der Waals surface area contributed by atoms with Crippen molar-refractivity contribution >= 4 is 5.97 Å². The summed E-state index contributed by atoms with van der Waals surface area (Å²) in [5.74, 6) is -1.19. The molecule has 3 N–H and O–H groups in total. The number of halogens is 3. The lowest BCUT2D eigenvalue weighted by molar-refractivity contribution is -0.139. The normalized spacial score (nSPS) is 19.0. The van der Waals surface area contributed by atoms with E-state index in [-0.39, 0.29) is 5.56 Å². The van der Waals surface area contributed by atoms with E-state index in [2.05, 4.69) is 0 Å². The van der Waals surface area contributed by atoms with Crippen molar-refractivity contribution in [2.45, 2.75) is 37.4 Å². The zero-order valence-corrected chi connectivity index (χ0v) is 10.3. The van der Waals surface area contributed by atoms with Crippen molar-refractivity contribution in [3.05, 3.63) is 34.9 Å². The molecule has 1 fully saturated rings. The van der Waals surface area contributed by atoms with Crippen LogP contribution in [0.5, 0.6) is 0 Å². The minimum absolute atomic E-state index is 0.121. The molecule has 0 spiro atoms. The van der Waals surface area contributed by atoms with E-state index in [1.165, 1.54) is 13.0 Å². The number of carbonyl (C=O) groups is 1. The Labute approximate surface area is 108 Å². The van der Waals surface area contributed by atoms with Gasteiger partial charge in [0.05, 0.1) is 5.56 Å². The van der Waals surface area contributed by atoms with Crippen LogP contribution in [0.4, 0.5) is 13.2 Å². The first-order valence-electron chi connectivity index (χ1n) is 5.85. The molecule has 6 heteroatoms. The predicted octanol–water partition coefficient (Wildman–Crippen LogP) is 2.46. The first-order chi connectivity index (χ1) is 8.68. The molecule has 3 nitrogen and oxygen atoms in total. The fourth-order valence-electron chi connectivity index (χ4n) is 2.39. The third-order valence-electron chi connectivity index (χ3n) is 3.77. The topological polar surface area (TPSA) is 63.3 Å². The molecule has 104 valence electrons. The number of aryl methyl sites for hydroxylation is 1. The highest BCUT2D eigenvalue weighted by Gasteiger charge is 2.53. The summed E-state index contributed by atoms with van der Waals surface area (Å²) in [6, 6.07) is 2.77. The van der Waals surface area contributed by atoms with Gasteiger partial charge in [-0.25, -0.2) is 0 Å². The Morgan fingerprint density at radius 1 is 1.42 bits per heavy atom. The summed E-state index contributed by atoms with van der Waals surface area (Å²) in [7, 11) is 0. The lowest BCUT2D eigenvalue weighted by atomic mass is 9.86. The van der Waals surface area contributed by atoms with Crippen LogP contribution in [0.15, 0.2) is 18.2 Å². The largest absolute Gasteiger partial charge is 0.480 e. The van der Waals surface area contributed by atoms with E-state index < -0.39 is 29.2 Å². The molecule has 0 bridgehead atoms. The highest BCUT2D eigenvalue weighted by molar-refractivity contribution is 5.77. The maximum Gasteiger partial charge on any atom is 0.416 e. The number of nitrogens with two attached hydrogens (primary N) is 1. The number of alkyl halides is 3. The summed E-state index contributed by atoms with van der Waals surface area (Å²) in [4.78, 5) is 11.0. The number of benzene rings is 1. The number of hydrogen-bond acceptors (Lipinski definition) is 2. The van der Waals surface area contributed by atoms with Gasteiger partial charge in [0, 0.05) is 5.41 Å². The maximum atomic E-state index is 12.8. The fourth-order valence-corrected chi connectivity index (χ4v) is 2.39. The van der Waals surface area contributed by atoms with Gasteiger partial charge in [-0.1, -0.05) is 12.1 Å². The van der Waals surface area contributed by atoms with E-state index in [0.29, 0.717) is 18.4 Å². The Kier molecular flexibility index (Phi) is 3.09. The molecule has 1 aliphatic carbocycles. The van der Waals surface area contributed by atoms with Gasteiger partial charge >= 0.3 is 12.1 Å². The lowest BCUT2D eigenvalue weighted by Gasteiger charge is -2.22. The Bertz CT molecular complexity index is 521. The molecule has 1 aliphatic rings. The molecule has 1 saturated carbocycles. The number of carboxylic acid groups (broad SMARTS) is 1. The molecular formula is C13H14F3NO2. The molecule has 1 aromatic carbocycles. The standard InChI is InChI=1S/C13H14F3NO2/c1-7-2-3-8(6-9(7)13(14,15)16)12(4-5-12)10(17)11(18)19/h2-3,6,10H,4-5,17H2,1H3,(H,18,19). The molecule has 0 amide bonds. The smallest absolute Gasteiger partial charge is 0.416 e. The van der Waals surface area contributed by atoms with Crippen molar-refractivity contribution in [1.29, 1.82) is 0 Å². The van der Waals surface area contributed by atoms with Crippen LogP contribution in [0.2, 0.25) is 0 Å². The minimum Gasteiger partial charge on any atom is -0.480 e. The molecule has 0 aliphatic heterocycles. The quantitative estimate of drug-likeness (QED) is 0.889. The van der Waals surface area contributed by atoms with Crippen LogP contribution in [0.3, 0.4) is 0 Å². The third kappa shape index (κ3) is 2.32. The van der Waals surface area contributed by atoms with Gasteiger partial charge in [-0.3, -0.25) is 4.79 Å². The van der Waals surface area contributed by atoms with E-state index in [1.54, 1.807) is 6.07 Å². The number of rotatable bonds is 3. The Morgan fingerprint density at radius 2 is 2.00 bits per heavy atom. The van der Waals surface area contributed by atoms with Crippen LogP contribution in [0.1, 0.15) is 29.5 Å². The van der Waals surface area contributed by atoms with Gasteiger partial charge in [-0.05, 0) is 37.0 Å². The van der Waals surface area contributed by atoms with E-state index >= 15 is 0 Å². The van der Waals surface area contributed by atoms with E-state index in [4.69, 9.17) is 10.8 Å². The Balaban J connectivity index is 2.45. The average molecular weight is 273 g/mol. The van der Waals surface area contributed by atoms with E-state index in [9.17, 15) is 18.0 Å². The molecule has 1 atom stereocenters. The second kappa shape index (κ2) is 4.23. The van der Waals surface area contributed by atoms with Gasteiger partial charge in [0.25, 0.3) is 0 Å². The Hall–Kier alpha value is -1.56. The maximum absolute atomic E-state index is 12.8. The van der Waals surface area contributed by atoms with Gasteiger partial charge in [-0.15, -0.1) is 0 Å². The number of carboxylic acids is 1. The van der Waals surface area contributed by atoms with Crippen molar-refractivity contribution in [3.63, 3.8) is 0 Å². The number of aliphatic carboxylic acids is 1. The van der Waals surface area contributed by atoms with E-state index in [0.717, 1.165) is 6.07 Å². The molecule has 0 saturated heterocycles. The van der Waals surface area contributed by atoms with Crippen LogP contribution in [0.25, 0.3) is 0 Å². The highest BCUT2D eigenvalue weighted by atomic mass is 19.4. The summed E-state index contributed by atoms with van der Waals surface area (Å²) in [5, 5.41) is 8.96. The van der Waals surface area contributed by atoms with Crippen LogP contribution in [0, 0.1) is 6.92 Å². The monoisotopic (exact) mass is 273 g/mol. The lowest BCUT2D eigenvalue weighted by Crippen LogP contribution is -2.42. The summed E-state index contributed by atoms with van der Waals surface area (Å²) in [6.45, 7) is 1.38. The number of hydrogen-bond donors (Lipinski definition) is 2. The molecule has 0 aromatic heterocycles. The molecule has 0 radical (unpaired) electrons. The van der Waals surface area contributed by atoms with Gasteiger partial charge in [-0.2, -0.15) is 13.2 Å². The molecule has 19 heavy (non-hydrogen) atoms. The van der Waals surface area contributed by atoms with Crippen LogP contribution in [-0.4, -0.2) is 17.1 Å². The third-order valence-corrected chi connectivity index (χ3v) is 3.77. The summed E-state index contributed by atoms with van der Waals surface area (Å²) < 4.78 is 38.5. The Morgan fingerprint density at radius 3 is 2.42 bits per heavy atom. The summed E-state index contributed by atoms with van der Waals surface area (Å²) in [6.07, 6.45) is -3.44. The second-order valence-corrected chi connectivity index (χ2v) is 5.00. The summed E-state index contributed by atoms with van der Waals surface area (Å²) in [5.41, 5.74) is 4.51. The summed E-state index contributed by atoms with van der Waals surface area (Å²) >= 11 is 0. The van der Waals surface area contributed by atoms with Crippen molar-refractivity contribution in [2.24, 2.45) is 5.73 Å². The molecular weight excluding hydrogens is 259 g/mol. The van der Waals surface area contributed by atoms with Crippen molar-refractivity contribution in [1.82, 2.24) is 0 Å². The van der Waals surface area contributed by atoms with Crippen molar-refractivity contribution < 1.29 is 23.1 Å². The SMILES string of the molecule is Cc1ccc(C2(C(N)C(=O)O)CC2)cc1C(F)(F)F. The molecule has 1 unspecified atom stereocenters. The average Bonchev–Trinajstić information content (AvgIpc) is 3.08.